The number of ether oxygens (including phenoxy) is 2. The smallest absolute Gasteiger partial charge is 0.407 e. The number of nitrogens with one attached hydrogen (secondary N) is 3. The molecule has 0 heterocycles. The van der Waals surface area contributed by atoms with E-state index in [4.69, 9.17) is 9.47 Å². The molecule has 11 nitrogen and oxygen atoms in total. The Morgan fingerprint density at radius 2 is 1.48 bits per heavy atom. The number of nitro benzene ring substituents is 1. The highest BCUT2D eigenvalue weighted by atomic mass is 32.2. The molecule has 4 aromatic rings. The molecule has 0 fully saturated rings. The zero-order valence-electron chi connectivity index (χ0n) is 24.1. The number of carbonyl (C=O) groups excluding carboxylic acids is 1. The summed E-state index contributed by atoms with van der Waals surface area (Å²) in [5, 5.41) is 17.2. The van der Waals surface area contributed by atoms with Gasteiger partial charge in [-0.15, -0.1) is 0 Å². The van der Waals surface area contributed by atoms with E-state index in [-0.39, 0.29) is 30.2 Å². The van der Waals surface area contributed by atoms with E-state index in [9.17, 15) is 23.3 Å². The fourth-order valence-electron chi connectivity index (χ4n) is 4.51. The zero-order valence-corrected chi connectivity index (χ0v) is 24.9. The van der Waals surface area contributed by atoms with Crippen molar-refractivity contribution >= 4 is 21.8 Å². The number of carbonyl (C=O) groups is 1. The molecular weight excluding hydrogens is 584 g/mol. The molecule has 0 saturated carbocycles. The Morgan fingerprint density at radius 3 is 2.11 bits per heavy atom. The van der Waals surface area contributed by atoms with E-state index in [0.717, 1.165) is 28.8 Å². The Morgan fingerprint density at radius 1 is 0.841 bits per heavy atom. The molecule has 0 radical (unpaired) electrons. The number of amides is 1. The van der Waals surface area contributed by atoms with Gasteiger partial charge < -0.3 is 20.1 Å². The van der Waals surface area contributed by atoms with Crippen molar-refractivity contribution < 1.29 is 27.6 Å². The Kier molecular flexibility index (Phi) is 11.4. The summed E-state index contributed by atoms with van der Waals surface area (Å²) in [6.45, 7) is 0.557. The lowest BCUT2D eigenvalue weighted by Crippen LogP contribution is -2.56. The molecule has 0 aliphatic rings. The predicted octanol–water partition coefficient (Wildman–Crippen LogP) is 4.58. The molecule has 230 valence electrons. The largest absolute Gasteiger partial charge is 0.497 e. The first kappa shape index (κ1) is 32.1. The fraction of sp³-hybridized carbons (Fsp3) is 0.219. The Labute approximate surface area is 256 Å². The van der Waals surface area contributed by atoms with Crippen molar-refractivity contribution in [1.82, 2.24) is 15.4 Å². The maximum absolute atomic E-state index is 13.5. The maximum atomic E-state index is 13.5. The third kappa shape index (κ3) is 9.63. The second-order valence-electron chi connectivity index (χ2n) is 9.96. The number of benzene rings is 4. The van der Waals surface area contributed by atoms with Crippen LogP contribution < -0.4 is 20.1 Å². The van der Waals surface area contributed by atoms with Gasteiger partial charge in [0.25, 0.3) is 5.69 Å². The van der Waals surface area contributed by atoms with Crippen LogP contribution in [0.3, 0.4) is 0 Å². The lowest BCUT2D eigenvalue weighted by molar-refractivity contribution is -0.384. The molecular formula is C32H34N4O7S. The standard InChI is InChI=1S/C32H34N4O7S/c1-42-28-14-8-13-26(19-28)21-33-22-31(35-44(40,41)29-17-15-27(16-18-29)36(38)39)30(20-24-9-4-2-5-10-24)34-32(37)43-23-25-11-6-3-7-12-25/h2-19,30-31,33,35H,20-23H2,1H3,(H,34,37)/t30-,31-/m0/s1. The number of non-ortho nitro benzene ring substituents is 1. The second kappa shape index (κ2) is 15.6. The number of hydrogen-bond donors (Lipinski definition) is 3. The van der Waals surface area contributed by atoms with Crippen molar-refractivity contribution in [1.29, 1.82) is 0 Å². The highest BCUT2D eigenvalue weighted by molar-refractivity contribution is 7.89. The van der Waals surface area contributed by atoms with Crippen LogP contribution in [0.15, 0.2) is 114 Å². The van der Waals surface area contributed by atoms with Gasteiger partial charge in [-0.3, -0.25) is 10.1 Å². The van der Waals surface area contributed by atoms with Gasteiger partial charge in [-0.25, -0.2) is 17.9 Å². The number of alkyl carbamates (subject to hydrolysis) is 1. The summed E-state index contributed by atoms with van der Waals surface area (Å²) in [5.41, 5.74) is 2.35. The van der Waals surface area contributed by atoms with Crippen molar-refractivity contribution in [2.45, 2.75) is 36.6 Å². The Hall–Kier alpha value is -4.78. The first-order valence-electron chi connectivity index (χ1n) is 13.8. The van der Waals surface area contributed by atoms with Crippen LogP contribution in [0.1, 0.15) is 16.7 Å². The normalized spacial score (nSPS) is 12.6. The van der Waals surface area contributed by atoms with E-state index in [1.807, 2.05) is 84.9 Å². The van der Waals surface area contributed by atoms with Gasteiger partial charge in [0.05, 0.1) is 29.0 Å². The second-order valence-corrected chi connectivity index (χ2v) is 11.7. The summed E-state index contributed by atoms with van der Waals surface area (Å²) in [5.74, 6) is 0.685. The summed E-state index contributed by atoms with van der Waals surface area (Å²) in [7, 11) is -2.59. The van der Waals surface area contributed by atoms with Gasteiger partial charge in [0, 0.05) is 25.2 Å². The van der Waals surface area contributed by atoms with Gasteiger partial charge in [-0.2, -0.15) is 0 Å². The van der Waals surface area contributed by atoms with E-state index in [1.165, 1.54) is 12.1 Å². The summed E-state index contributed by atoms with van der Waals surface area (Å²) in [6.07, 6.45) is -0.419. The lowest BCUT2D eigenvalue weighted by atomic mass is 10.00. The van der Waals surface area contributed by atoms with Crippen LogP contribution in [-0.2, 0) is 34.3 Å². The quantitative estimate of drug-likeness (QED) is 0.130. The highest BCUT2D eigenvalue weighted by Gasteiger charge is 2.29. The molecule has 12 heteroatoms. The first-order chi connectivity index (χ1) is 21.2. The SMILES string of the molecule is COc1cccc(CNC[C@H](NS(=O)(=O)c2ccc([N+](=O)[O-])cc2)[C@H](Cc2ccccc2)NC(=O)OCc2ccccc2)c1. The molecule has 1 amide bonds. The predicted molar refractivity (Wildman–Crippen MR) is 166 cm³/mol. The third-order valence-corrected chi connectivity index (χ3v) is 8.30. The molecule has 2 atom stereocenters. The molecule has 44 heavy (non-hydrogen) atoms. The minimum Gasteiger partial charge on any atom is -0.497 e. The van der Waals surface area contributed by atoms with Crippen LogP contribution in [0, 0.1) is 10.1 Å². The van der Waals surface area contributed by atoms with Crippen molar-refractivity contribution in [3.8, 4) is 5.75 Å². The van der Waals surface area contributed by atoms with Crippen molar-refractivity contribution in [3.05, 3.63) is 136 Å². The van der Waals surface area contributed by atoms with Crippen LogP contribution in [-0.4, -0.2) is 45.2 Å². The van der Waals surface area contributed by atoms with Crippen molar-refractivity contribution in [2.75, 3.05) is 13.7 Å². The average Bonchev–Trinajstić information content (AvgIpc) is 3.04. The molecule has 4 rings (SSSR count). The first-order valence-corrected chi connectivity index (χ1v) is 15.3. The molecule has 0 aromatic heterocycles. The topological polar surface area (TPSA) is 149 Å². The van der Waals surface area contributed by atoms with Crippen LogP contribution >= 0.6 is 0 Å². The molecule has 0 spiro atoms. The maximum Gasteiger partial charge on any atom is 0.407 e. The number of nitro groups is 1. The van der Waals surface area contributed by atoms with Crippen LogP contribution in [0.4, 0.5) is 10.5 Å². The summed E-state index contributed by atoms with van der Waals surface area (Å²) >= 11 is 0. The van der Waals surface area contributed by atoms with E-state index in [2.05, 4.69) is 15.4 Å². The van der Waals surface area contributed by atoms with Gasteiger partial charge in [0.15, 0.2) is 0 Å². The molecule has 0 aliphatic heterocycles. The van der Waals surface area contributed by atoms with E-state index in [0.29, 0.717) is 12.3 Å². The number of nitrogens with zero attached hydrogens (tertiary/aromatic N) is 1. The Bertz CT molecular complexity index is 1620. The highest BCUT2D eigenvalue weighted by Crippen LogP contribution is 2.18. The van der Waals surface area contributed by atoms with E-state index in [1.54, 1.807) is 7.11 Å². The Balaban J connectivity index is 1.58. The van der Waals surface area contributed by atoms with Gasteiger partial charge in [-0.1, -0.05) is 72.8 Å². The van der Waals surface area contributed by atoms with Gasteiger partial charge >= 0.3 is 6.09 Å². The number of rotatable bonds is 15. The van der Waals surface area contributed by atoms with Crippen LogP contribution in [0.5, 0.6) is 5.75 Å². The van der Waals surface area contributed by atoms with Gasteiger partial charge in [0.2, 0.25) is 10.0 Å². The minimum atomic E-state index is -4.16. The zero-order chi connectivity index (χ0) is 31.4. The number of sulfonamides is 1. The molecule has 4 aromatic carbocycles. The summed E-state index contributed by atoms with van der Waals surface area (Å²) < 4.78 is 40.5. The monoisotopic (exact) mass is 618 g/mol. The van der Waals surface area contributed by atoms with Crippen molar-refractivity contribution in [3.63, 3.8) is 0 Å². The molecule has 0 aliphatic carbocycles. The fourth-order valence-corrected chi connectivity index (χ4v) is 5.79. The third-order valence-electron chi connectivity index (χ3n) is 6.79. The average molecular weight is 619 g/mol. The molecule has 0 unspecified atom stereocenters. The van der Waals surface area contributed by atoms with Crippen LogP contribution in [0.25, 0.3) is 0 Å². The van der Waals surface area contributed by atoms with E-state index >= 15 is 0 Å². The molecule has 0 saturated heterocycles. The van der Waals surface area contributed by atoms with Gasteiger partial charge in [-0.05, 0) is 47.4 Å². The summed E-state index contributed by atoms with van der Waals surface area (Å²) in [6, 6.07) is 29.0. The van der Waals surface area contributed by atoms with Crippen molar-refractivity contribution in [2.24, 2.45) is 0 Å². The lowest BCUT2D eigenvalue weighted by Gasteiger charge is -2.29. The van der Waals surface area contributed by atoms with Gasteiger partial charge in [0.1, 0.15) is 12.4 Å². The number of methoxy groups -OCH3 is 1. The molecule has 0 bridgehead atoms. The van der Waals surface area contributed by atoms with E-state index < -0.39 is 33.1 Å². The minimum absolute atomic E-state index is 0.0397. The summed E-state index contributed by atoms with van der Waals surface area (Å²) in [4.78, 5) is 23.4. The number of hydrogen-bond acceptors (Lipinski definition) is 8. The molecule has 3 N–H and O–H groups in total. The van der Waals surface area contributed by atoms with Crippen LogP contribution in [0.2, 0.25) is 0 Å².